The first-order chi connectivity index (χ1) is 7.48. The highest BCUT2D eigenvalue weighted by molar-refractivity contribution is 5.81. The van der Waals surface area contributed by atoms with E-state index in [-0.39, 0.29) is 5.41 Å². The van der Waals surface area contributed by atoms with Crippen LogP contribution in [0.3, 0.4) is 0 Å². The third kappa shape index (κ3) is 2.40. The second-order valence-corrected chi connectivity index (χ2v) is 6.19. The molecule has 0 aromatic carbocycles. The Morgan fingerprint density at radius 1 is 1.12 bits per heavy atom. The molecule has 92 valence electrons. The minimum absolute atomic E-state index is 0.225. The Morgan fingerprint density at radius 3 is 2.56 bits per heavy atom. The van der Waals surface area contributed by atoms with Gasteiger partial charge in [0.05, 0.1) is 0 Å². The van der Waals surface area contributed by atoms with Crippen molar-refractivity contribution < 1.29 is 4.79 Å². The van der Waals surface area contributed by atoms with Crippen molar-refractivity contribution in [3.8, 4) is 0 Å². The first kappa shape index (κ1) is 11.9. The number of hydrogen-bond acceptors (Lipinski definition) is 2. The molecule has 0 spiro atoms. The van der Waals surface area contributed by atoms with Crippen molar-refractivity contribution in [2.45, 2.75) is 46.1 Å². The number of fused-ring (bicyclic) bond motifs is 1. The molecule has 3 heteroatoms. The SMILES string of the molecule is CC(C)(C)C(=O)N1CCN2CCCCC2C1. The molecule has 0 aromatic heterocycles. The molecule has 2 saturated heterocycles. The maximum Gasteiger partial charge on any atom is 0.228 e. The lowest BCUT2D eigenvalue weighted by atomic mass is 9.92. The predicted octanol–water partition coefficient (Wildman–Crippen LogP) is 1.73. The summed E-state index contributed by atoms with van der Waals surface area (Å²) in [5.74, 6) is 0.317. The number of carbonyl (C=O) groups excluding carboxylic acids is 1. The van der Waals surface area contributed by atoms with Crippen LogP contribution in [0, 0.1) is 5.41 Å². The van der Waals surface area contributed by atoms with Crippen molar-refractivity contribution in [3.05, 3.63) is 0 Å². The zero-order valence-electron chi connectivity index (χ0n) is 10.8. The first-order valence-corrected chi connectivity index (χ1v) is 6.52. The molecule has 0 bridgehead atoms. The molecule has 2 aliphatic heterocycles. The van der Waals surface area contributed by atoms with Crippen molar-refractivity contribution >= 4 is 5.91 Å². The van der Waals surface area contributed by atoms with E-state index in [0.717, 1.165) is 19.6 Å². The fraction of sp³-hybridized carbons (Fsp3) is 0.923. The molecule has 0 N–H and O–H groups in total. The molecule has 1 unspecified atom stereocenters. The number of nitrogens with zero attached hydrogens (tertiary/aromatic N) is 2. The Kier molecular flexibility index (Phi) is 3.24. The summed E-state index contributed by atoms with van der Waals surface area (Å²) in [6.07, 6.45) is 3.94. The van der Waals surface area contributed by atoms with E-state index in [4.69, 9.17) is 0 Å². The summed E-state index contributed by atoms with van der Waals surface area (Å²) in [5.41, 5.74) is -0.225. The molecule has 0 saturated carbocycles. The highest BCUT2D eigenvalue weighted by Crippen LogP contribution is 2.24. The molecular weight excluding hydrogens is 200 g/mol. The van der Waals surface area contributed by atoms with Gasteiger partial charge < -0.3 is 4.90 Å². The maximum atomic E-state index is 12.2. The molecule has 16 heavy (non-hydrogen) atoms. The van der Waals surface area contributed by atoms with E-state index in [0.29, 0.717) is 11.9 Å². The quantitative estimate of drug-likeness (QED) is 0.625. The van der Waals surface area contributed by atoms with Gasteiger partial charge in [0, 0.05) is 31.1 Å². The molecule has 1 atom stereocenters. The molecule has 2 fully saturated rings. The Hall–Kier alpha value is -0.570. The third-order valence-electron chi connectivity index (χ3n) is 3.77. The van der Waals surface area contributed by atoms with E-state index in [9.17, 15) is 4.79 Å². The van der Waals surface area contributed by atoms with Gasteiger partial charge in [-0.05, 0) is 19.4 Å². The van der Waals surface area contributed by atoms with Gasteiger partial charge in [-0.1, -0.05) is 27.2 Å². The highest BCUT2D eigenvalue weighted by Gasteiger charge is 2.34. The summed E-state index contributed by atoms with van der Waals surface area (Å²) in [5, 5.41) is 0. The Bertz CT molecular complexity index is 270. The lowest BCUT2D eigenvalue weighted by molar-refractivity contribution is -0.143. The zero-order chi connectivity index (χ0) is 11.8. The van der Waals surface area contributed by atoms with Crippen LogP contribution in [0.1, 0.15) is 40.0 Å². The molecule has 0 aliphatic carbocycles. The van der Waals surface area contributed by atoms with E-state index < -0.39 is 0 Å². The lowest BCUT2D eigenvalue weighted by Crippen LogP contribution is -2.57. The van der Waals surface area contributed by atoms with Gasteiger partial charge in [0.2, 0.25) is 5.91 Å². The first-order valence-electron chi connectivity index (χ1n) is 6.52. The Morgan fingerprint density at radius 2 is 1.88 bits per heavy atom. The van der Waals surface area contributed by atoms with Crippen LogP contribution in [0.25, 0.3) is 0 Å². The van der Waals surface area contributed by atoms with E-state index in [1.165, 1.54) is 25.8 Å². The summed E-state index contributed by atoms with van der Waals surface area (Å²) in [7, 11) is 0. The number of carbonyl (C=O) groups is 1. The normalized spacial score (nSPS) is 27.7. The summed E-state index contributed by atoms with van der Waals surface area (Å²) >= 11 is 0. The average molecular weight is 224 g/mol. The second-order valence-electron chi connectivity index (χ2n) is 6.19. The minimum Gasteiger partial charge on any atom is -0.339 e. The zero-order valence-corrected chi connectivity index (χ0v) is 10.8. The molecule has 1 amide bonds. The van der Waals surface area contributed by atoms with Gasteiger partial charge in [-0.25, -0.2) is 0 Å². The molecule has 3 nitrogen and oxygen atoms in total. The molecule has 2 rings (SSSR count). The van der Waals surface area contributed by atoms with Crippen LogP contribution in [0.5, 0.6) is 0 Å². The fourth-order valence-corrected chi connectivity index (χ4v) is 2.81. The van der Waals surface area contributed by atoms with Gasteiger partial charge in [0.15, 0.2) is 0 Å². The van der Waals surface area contributed by atoms with E-state index in [1.807, 2.05) is 20.8 Å². The molecule has 2 aliphatic rings. The van der Waals surface area contributed by atoms with Gasteiger partial charge in [-0.15, -0.1) is 0 Å². The smallest absolute Gasteiger partial charge is 0.228 e. The number of hydrogen-bond donors (Lipinski definition) is 0. The summed E-state index contributed by atoms with van der Waals surface area (Å²) < 4.78 is 0. The van der Waals surface area contributed by atoms with E-state index in [1.54, 1.807) is 0 Å². The number of rotatable bonds is 0. The Balaban J connectivity index is 1.97. The van der Waals surface area contributed by atoms with Gasteiger partial charge in [-0.2, -0.15) is 0 Å². The van der Waals surface area contributed by atoms with Crippen molar-refractivity contribution in [2.24, 2.45) is 5.41 Å². The van der Waals surface area contributed by atoms with E-state index >= 15 is 0 Å². The summed E-state index contributed by atoms with van der Waals surface area (Å²) in [6.45, 7) is 10.2. The van der Waals surface area contributed by atoms with Crippen molar-refractivity contribution in [2.75, 3.05) is 26.2 Å². The van der Waals surface area contributed by atoms with Gasteiger partial charge >= 0.3 is 0 Å². The topological polar surface area (TPSA) is 23.6 Å². The van der Waals surface area contributed by atoms with Crippen molar-refractivity contribution in [3.63, 3.8) is 0 Å². The number of piperidine rings is 1. The van der Waals surface area contributed by atoms with Gasteiger partial charge in [0.25, 0.3) is 0 Å². The largest absolute Gasteiger partial charge is 0.339 e. The third-order valence-corrected chi connectivity index (χ3v) is 3.77. The standard InChI is InChI=1S/C13H24N2O/c1-13(2,3)12(16)15-9-8-14-7-5-4-6-11(14)10-15/h11H,4-10H2,1-3H3. The average Bonchev–Trinajstić information content (AvgIpc) is 2.26. The summed E-state index contributed by atoms with van der Waals surface area (Å²) in [6, 6.07) is 0.633. The van der Waals surface area contributed by atoms with Crippen molar-refractivity contribution in [1.82, 2.24) is 9.80 Å². The van der Waals surface area contributed by atoms with Crippen LogP contribution in [0.15, 0.2) is 0 Å². The van der Waals surface area contributed by atoms with E-state index in [2.05, 4.69) is 9.80 Å². The maximum absolute atomic E-state index is 12.2. The highest BCUT2D eigenvalue weighted by atomic mass is 16.2. The van der Waals surface area contributed by atoms with Crippen LogP contribution in [-0.4, -0.2) is 47.9 Å². The van der Waals surface area contributed by atoms with Crippen LogP contribution in [-0.2, 0) is 4.79 Å². The molecular formula is C13H24N2O. The second kappa shape index (κ2) is 4.36. The van der Waals surface area contributed by atoms with Gasteiger partial charge in [0.1, 0.15) is 0 Å². The predicted molar refractivity (Wildman–Crippen MR) is 65.2 cm³/mol. The number of amides is 1. The molecule has 2 heterocycles. The van der Waals surface area contributed by atoms with Crippen LogP contribution >= 0.6 is 0 Å². The Labute approximate surface area is 98.8 Å². The lowest BCUT2D eigenvalue weighted by Gasteiger charge is -2.45. The van der Waals surface area contributed by atoms with Crippen LogP contribution in [0.4, 0.5) is 0 Å². The van der Waals surface area contributed by atoms with Crippen LogP contribution < -0.4 is 0 Å². The monoisotopic (exact) mass is 224 g/mol. The van der Waals surface area contributed by atoms with Gasteiger partial charge in [-0.3, -0.25) is 9.69 Å². The molecule has 0 aromatic rings. The summed E-state index contributed by atoms with van der Waals surface area (Å²) in [4.78, 5) is 16.8. The fourth-order valence-electron chi connectivity index (χ4n) is 2.81. The number of piperazine rings is 1. The molecule has 0 radical (unpaired) electrons. The van der Waals surface area contributed by atoms with Crippen LogP contribution in [0.2, 0.25) is 0 Å². The minimum atomic E-state index is -0.225. The van der Waals surface area contributed by atoms with Crippen molar-refractivity contribution in [1.29, 1.82) is 0 Å².